The summed E-state index contributed by atoms with van der Waals surface area (Å²) in [6.45, 7) is 6.06. The van der Waals surface area contributed by atoms with Crippen molar-refractivity contribution in [2.75, 3.05) is 0 Å². The highest BCUT2D eigenvalue weighted by molar-refractivity contribution is 9.10. The highest BCUT2D eigenvalue weighted by Crippen LogP contribution is 2.26. The lowest BCUT2D eigenvalue weighted by Crippen LogP contribution is -2.37. The molecule has 4 heteroatoms. The molecule has 0 bridgehead atoms. The summed E-state index contributed by atoms with van der Waals surface area (Å²) in [6.07, 6.45) is 0.515. The summed E-state index contributed by atoms with van der Waals surface area (Å²) >= 11 is 3.21. The molecule has 0 spiro atoms. The molecule has 1 atom stereocenters. The highest BCUT2D eigenvalue weighted by atomic mass is 79.9. The normalized spacial score (nSPS) is 13.9. The number of benzene rings is 1. The van der Waals surface area contributed by atoms with Gasteiger partial charge < -0.3 is 5.73 Å². The van der Waals surface area contributed by atoms with Crippen molar-refractivity contribution < 1.29 is 8.78 Å². The summed E-state index contributed by atoms with van der Waals surface area (Å²) in [5.41, 5.74) is 6.63. The Bertz CT molecular complexity index is 385. The maximum absolute atomic E-state index is 13.1. The largest absolute Gasteiger partial charge is 0.327 e. The average Bonchev–Trinajstić information content (AvgIpc) is 2.12. The van der Waals surface area contributed by atoms with Gasteiger partial charge in [-0.25, -0.2) is 8.78 Å². The number of nitrogens with two attached hydrogens (primary N) is 1. The van der Waals surface area contributed by atoms with Crippen molar-refractivity contribution in [3.8, 4) is 0 Å². The van der Waals surface area contributed by atoms with Crippen LogP contribution in [-0.4, -0.2) is 6.04 Å². The molecule has 1 unspecified atom stereocenters. The number of hydrogen-bond acceptors (Lipinski definition) is 1. The Balaban J connectivity index is 2.94. The Morgan fingerprint density at radius 3 is 2.25 bits per heavy atom. The van der Waals surface area contributed by atoms with E-state index in [2.05, 4.69) is 15.9 Å². The first-order chi connectivity index (χ1) is 7.21. The van der Waals surface area contributed by atoms with Gasteiger partial charge in [-0.05, 0) is 29.5 Å². The zero-order chi connectivity index (χ0) is 12.5. The molecule has 1 rings (SSSR count). The first-order valence-corrected chi connectivity index (χ1v) is 5.90. The molecule has 0 fully saturated rings. The zero-order valence-corrected chi connectivity index (χ0v) is 11.2. The molecule has 0 aliphatic rings. The zero-order valence-electron chi connectivity index (χ0n) is 9.65. The Morgan fingerprint density at radius 1 is 1.25 bits per heavy atom. The fourth-order valence-electron chi connectivity index (χ4n) is 1.26. The SMILES string of the molecule is CC(C)(C)C(N)Cc1cc(F)c(F)cc1Br. The highest BCUT2D eigenvalue weighted by Gasteiger charge is 2.22. The molecule has 0 aromatic heterocycles. The van der Waals surface area contributed by atoms with Crippen molar-refractivity contribution in [1.82, 2.24) is 0 Å². The van der Waals surface area contributed by atoms with Gasteiger partial charge in [-0.3, -0.25) is 0 Å². The van der Waals surface area contributed by atoms with Gasteiger partial charge in [0.05, 0.1) is 0 Å². The van der Waals surface area contributed by atoms with Crippen molar-refractivity contribution in [2.24, 2.45) is 11.1 Å². The van der Waals surface area contributed by atoms with Crippen LogP contribution in [0.4, 0.5) is 8.78 Å². The summed E-state index contributed by atoms with van der Waals surface area (Å²) in [6, 6.07) is 2.24. The Kier molecular flexibility index (Phi) is 4.07. The fraction of sp³-hybridized carbons (Fsp3) is 0.500. The molecule has 2 N–H and O–H groups in total. The average molecular weight is 292 g/mol. The van der Waals surface area contributed by atoms with E-state index in [9.17, 15) is 8.78 Å². The van der Waals surface area contributed by atoms with E-state index in [1.165, 1.54) is 6.07 Å². The molecule has 0 amide bonds. The van der Waals surface area contributed by atoms with E-state index < -0.39 is 11.6 Å². The Morgan fingerprint density at radius 2 is 1.75 bits per heavy atom. The quantitative estimate of drug-likeness (QED) is 0.827. The third-order valence-corrected chi connectivity index (χ3v) is 3.38. The number of rotatable bonds is 2. The minimum Gasteiger partial charge on any atom is -0.327 e. The molecule has 1 nitrogen and oxygen atoms in total. The topological polar surface area (TPSA) is 26.0 Å². The summed E-state index contributed by atoms with van der Waals surface area (Å²) in [4.78, 5) is 0. The van der Waals surface area contributed by atoms with E-state index >= 15 is 0 Å². The molecule has 0 heterocycles. The number of hydrogen-bond donors (Lipinski definition) is 1. The van der Waals surface area contributed by atoms with Crippen LogP contribution in [0.2, 0.25) is 0 Å². The Hall–Kier alpha value is -0.480. The van der Waals surface area contributed by atoms with Gasteiger partial charge in [0, 0.05) is 10.5 Å². The van der Waals surface area contributed by atoms with E-state index in [0.717, 1.165) is 6.07 Å². The standard InChI is InChI=1S/C12H16BrF2N/c1-12(2,3)11(16)5-7-4-9(14)10(15)6-8(7)13/h4,6,11H,5,16H2,1-3H3. The number of halogens is 3. The molecule has 90 valence electrons. The smallest absolute Gasteiger partial charge is 0.159 e. The molecular weight excluding hydrogens is 276 g/mol. The summed E-state index contributed by atoms with van der Waals surface area (Å²) in [7, 11) is 0. The van der Waals surface area contributed by atoms with Crippen LogP contribution in [0.5, 0.6) is 0 Å². The predicted octanol–water partition coefficient (Wildman–Crippen LogP) is 3.64. The molecule has 0 saturated carbocycles. The second-order valence-corrected chi connectivity index (χ2v) is 5.89. The molecule has 0 saturated heterocycles. The van der Waals surface area contributed by atoms with Crippen molar-refractivity contribution >= 4 is 15.9 Å². The second kappa shape index (κ2) is 4.80. The van der Waals surface area contributed by atoms with Crippen molar-refractivity contribution in [3.63, 3.8) is 0 Å². The van der Waals surface area contributed by atoms with Gasteiger partial charge in [0.15, 0.2) is 11.6 Å². The minimum absolute atomic E-state index is 0.0652. The van der Waals surface area contributed by atoms with Gasteiger partial charge in [-0.1, -0.05) is 36.7 Å². The summed E-state index contributed by atoms with van der Waals surface area (Å²) in [5.74, 6) is -1.68. The third-order valence-electron chi connectivity index (χ3n) is 2.64. The fourth-order valence-corrected chi connectivity index (χ4v) is 1.74. The molecule has 0 aliphatic heterocycles. The lowest BCUT2D eigenvalue weighted by Gasteiger charge is -2.27. The van der Waals surface area contributed by atoms with Gasteiger partial charge in [-0.2, -0.15) is 0 Å². The van der Waals surface area contributed by atoms with E-state index in [0.29, 0.717) is 16.5 Å². The maximum atomic E-state index is 13.1. The van der Waals surface area contributed by atoms with E-state index in [-0.39, 0.29) is 11.5 Å². The summed E-state index contributed by atoms with van der Waals surface area (Å²) < 4.78 is 26.5. The van der Waals surface area contributed by atoms with Crippen LogP contribution in [0.25, 0.3) is 0 Å². The van der Waals surface area contributed by atoms with Gasteiger partial charge in [0.25, 0.3) is 0 Å². The van der Waals surface area contributed by atoms with Crippen molar-refractivity contribution in [1.29, 1.82) is 0 Å². The van der Waals surface area contributed by atoms with Crippen LogP contribution in [0, 0.1) is 17.0 Å². The van der Waals surface area contributed by atoms with Gasteiger partial charge in [0.2, 0.25) is 0 Å². The van der Waals surface area contributed by atoms with Gasteiger partial charge >= 0.3 is 0 Å². The first-order valence-electron chi connectivity index (χ1n) is 5.11. The third kappa shape index (κ3) is 3.25. The van der Waals surface area contributed by atoms with E-state index in [4.69, 9.17) is 5.73 Å². The van der Waals surface area contributed by atoms with Crippen LogP contribution < -0.4 is 5.73 Å². The minimum atomic E-state index is -0.847. The van der Waals surface area contributed by atoms with Crippen LogP contribution >= 0.6 is 15.9 Å². The monoisotopic (exact) mass is 291 g/mol. The molecule has 1 aromatic rings. The van der Waals surface area contributed by atoms with Crippen LogP contribution in [0.1, 0.15) is 26.3 Å². The van der Waals surface area contributed by atoms with Gasteiger partial charge in [-0.15, -0.1) is 0 Å². The van der Waals surface area contributed by atoms with E-state index in [1.807, 2.05) is 20.8 Å². The van der Waals surface area contributed by atoms with Crippen molar-refractivity contribution in [2.45, 2.75) is 33.2 Å². The lowest BCUT2D eigenvalue weighted by molar-refractivity contribution is 0.318. The van der Waals surface area contributed by atoms with Crippen LogP contribution in [0.3, 0.4) is 0 Å². The molecule has 16 heavy (non-hydrogen) atoms. The molecule has 0 radical (unpaired) electrons. The first kappa shape index (κ1) is 13.6. The molecule has 1 aromatic carbocycles. The van der Waals surface area contributed by atoms with Crippen LogP contribution in [0.15, 0.2) is 16.6 Å². The van der Waals surface area contributed by atoms with Crippen LogP contribution in [-0.2, 0) is 6.42 Å². The van der Waals surface area contributed by atoms with E-state index in [1.54, 1.807) is 0 Å². The van der Waals surface area contributed by atoms with Gasteiger partial charge in [0.1, 0.15) is 0 Å². The lowest BCUT2D eigenvalue weighted by atomic mass is 9.84. The second-order valence-electron chi connectivity index (χ2n) is 5.03. The molecule has 0 aliphatic carbocycles. The predicted molar refractivity (Wildman–Crippen MR) is 65.2 cm³/mol. The Labute approximate surface area is 103 Å². The summed E-state index contributed by atoms with van der Waals surface area (Å²) in [5, 5.41) is 0. The van der Waals surface area contributed by atoms with Crippen molar-refractivity contribution in [3.05, 3.63) is 33.8 Å². The molecular formula is C12H16BrF2N. The maximum Gasteiger partial charge on any atom is 0.159 e.